The summed E-state index contributed by atoms with van der Waals surface area (Å²) >= 11 is 5.93. The number of fused-ring (bicyclic) bond motifs is 1. The Morgan fingerprint density at radius 3 is 2.42 bits per heavy atom. The van der Waals surface area contributed by atoms with Crippen molar-refractivity contribution < 1.29 is 18.7 Å². The molecule has 1 atom stereocenters. The summed E-state index contributed by atoms with van der Waals surface area (Å²) in [7, 11) is 1.28. The van der Waals surface area contributed by atoms with Gasteiger partial charge in [0.05, 0.1) is 18.7 Å². The van der Waals surface area contributed by atoms with Crippen molar-refractivity contribution in [1.29, 1.82) is 5.26 Å². The molecule has 1 N–H and O–H groups in total. The highest BCUT2D eigenvalue weighted by Crippen LogP contribution is 2.31. The molecule has 3 aromatic carbocycles. The van der Waals surface area contributed by atoms with E-state index in [1.165, 1.54) is 7.11 Å². The van der Waals surface area contributed by atoms with Crippen LogP contribution in [0.4, 0.5) is 0 Å². The monoisotopic (exact) mass is 501 g/mol. The van der Waals surface area contributed by atoms with Crippen LogP contribution in [0, 0.1) is 11.3 Å². The van der Waals surface area contributed by atoms with Crippen LogP contribution < -0.4 is 5.32 Å². The molecule has 0 aliphatic heterocycles. The lowest BCUT2D eigenvalue weighted by Gasteiger charge is -2.17. The molecule has 1 amide bonds. The highest BCUT2D eigenvalue weighted by atomic mass is 35.5. The zero-order chi connectivity index (χ0) is 25.8. The minimum absolute atomic E-state index is 0.156. The number of rotatable bonds is 7. The maximum atomic E-state index is 12.9. The SMILES string of the molecule is COC(=O)C(Cc1ccc(Cl)cc1)NC(=O)c1ccc(-c2nc3cc(C#N)cc(C(C)C)c3o2)cc1. The number of amides is 1. The number of ether oxygens (including phenoxy) is 1. The van der Waals surface area contributed by atoms with Gasteiger partial charge in [-0.2, -0.15) is 5.26 Å². The van der Waals surface area contributed by atoms with E-state index in [0.717, 1.165) is 11.1 Å². The minimum Gasteiger partial charge on any atom is -0.467 e. The van der Waals surface area contributed by atoms with E-state index in [1.807, 2.05) is 19.9 Å². The van der Waals surface area contributed by atoms with Gasteiger partial charge in [-0.05, 0) is 60.0 Å². The Morgan fingerprint density at radius 2 is 1.81 bits per heavy atom. The van der Waals surface area contributed by atoms with Crippen molar-refractivity contribution >= 4 is 34.6 Å². The Morgan fingerprint density at radius 1 is 1.11 bits per heavy atom. The van der Waals surface area contributed by atoms with E-state index in [0.29, 0.717) is 38.7 Å². The Bertz CT molecular complexity index is 1450. The van der Waals surface area contributed by atoms with Gasteiger partial charge in [0.1, 0.15) is 11.6 Å². The summed E-state index contributed by atoms with van der Waals surface area (Å²) in [5.41, 5.74) is 4.57. The summed E-state index contributed by atoms with van der Waals surface area (Å²) in [6.07, 6.45) is 0.263. The lowest BCUT2D eigenvalue weighted by molar-refractivity contribution is -0.142. The van der Waals surface area contributed by atoms with Crippen LogP contribution in [-0.4, -0.2) is 30.0 Å². The van der Waals surface area contributed by atoms with E-state index in [2.05, 4.69) is 16.4 Å². The second kappa shape index (κ2) is 10.6. The van der Waals surface area contributed by atoms with Crippen LogP contribution in [0.15, 0.2) is 65.1 Å². The van der Waals surface area contributed by atoms with Crippen molar-refractivity contribution in [3.8, 4) is 17.5 Å². The Labute approximate surface area is 213 Å². The number of carbonyl (C=O) groups excluding carboxylic acids is 2. The van der Waals surface area contributed by atoms with E-state index in [4.69, 9.17) is 20.8 Å². The van der Waals surface area contributed by atoms with E-state index < -0.39 is 17.9 Å². The zero-order valence-corrected chi connectivity index (χ0v) is 20.8. The van der Waals surface area contributed by atoms with Gasteiger partial charge >= 0.3 is 5.97 Å². The minimum atomic E-state index is -0.857. The third kappa shape index (κ3) is 5.40. The number of hydrogen-bond donors (Lipinski definition) is 1. The van der Waals surface area contributed by atoms with Crippen molar-refractivity contribution in [2.75, 3.05) is 7.11 Å². The Balaban J connectivity index is 1.55. The summed E-state index contributed by atoms with van der Waals surface area (Å²) in [6, 6.07) is 18.6. The highest BCUT2D eigenvalue weighted by Gasteiger charge is 2.23. The average molecular weight is 502 g/mol. The average Bonchev–Trinajstić information content (AvgIpc) is 3.32. The fourth-order valence-electron chi connectivity index (χ4n) is 3.87. The van der Waals surface area contributed by atoms with Crippen molar-refractivity contribution in [3.05, 3.63) is 87.9 Å². The van der Waals surface area contributed by atoms with E-state index >= 15 is 0 Å². The fraction of sp³-hybridized carbons (Fsp3) is 0.214. The second-order valence-corrected chi connectivity index (χ2v) is 9.09. The first-order valence-corrected chi connectivity index (χ1v) is 11.7. The number of nitrogens with one attached hydrogen (secondary N) is 1. The molecule has 1 unspecified atom stereocenters. The van der Waals surface area contributed by atoms with Crippen molar-refractivity contribution in [3.63, 3.8) is 0 Å². The van der Waals surface area contributed by atoms with Crippen LogP contribution in [0.3, 0.4) is 0 Å². The molecule has 0 saturated carbocycles. The number of benzene rings is 3. The predicted molar refractivity (Wildman–Crippen MR) is 137 cm³/mol. The standard InChI is InChI=1S/C28H24ClN3O4/c1-16(2)22-12-18(15-30)14-23-25(22)36-27(32-23)20-8-6-19(7-9-20)26(33)31-24(28(34)35-3)13-17-4-10-21(29)11-5-17/h4-12,14,16,24H,13H2,1-3H3,(H,31,33). The van der Waals surface area contributed by atoms with Crippen LogP contribution in [-0.2, 0) is 16.0 Å². The molecule has 7 nitrogen and oxygen atoms in total. The molecule has 0 spiro atoms. The third-order valence-corrected chi connectivity index (χ3v) is 6.06. The quantitative estimate of drug-likeness (QED) is 0.328. The molecule has 4 rings (SSSR count). The van der Waals surface area contributed by atoms with E-state index in [-0.39, 0.29) is 12.3 Å². The molecule has 1 aromatic heterocycles. The maximum Gasteiger partial charge on any atom is 0.328 e. The van der Waals surface area contributed by atoms with Crippen LogP contribution in [0.5, 0.6) is 0 Å². The van der Waals surface area contributed by atoms with Gasteiger partial charge < -0.3 is 14.5 Å². The van der Waals surface area contributed by atoms with Gasteiger partial charge in [0.2, 0.25) is 5.89 Å². The van der Waals surface area contributed by atoms with Crippen LogP contribution in [0.1, 0.15) is 46.8 Å². The molecule has 8 heteroatoms. The predicted octanol–water partition coefficient (Wildman–Crippen LogP) is 5.66. The number of nitriles is 1. The molecule has 0 aliphatic rings. The first kappa shape index (κ1) is 25.0. The first-order valence-electron chi connectivity index (χ1n) is 11.4. The largest absolute Gasteiger partial charge is 0.467 e. The second-order valence-electron chi connectivity index (χ2n) is 8.66. The molecule has 1 heterocycles. The van der Waals surface area contributed by atoms with Crippen molar-refractivity contribution in [2.24, 2.45) is 0 Å². The number of nitrogens with zero attached hydrogens (tertiary/aromatic N) is 2. The fourth-order valence-corrected chi connectivity index (χ4v) is 4.00. The molecule has 0 aliphatic carbocycles. The Hall–Kier alpha value is -4.15. The summed E-state index contributed by atoms with van der Waals surface area (Å²) in [5.74, 6) is -0.407. The highest BCUT2D eigenvalue weighted by molar-refractivity contribution is 6.30. The first-order chi connectivity index (χ1) is 17.3. The lowest BCUT2D eigenvalue weighted by atomic mass is 10.00. The topological polar surface area (TPSA) is 105 Å². The van der Waals surface area contributed by atoms with Gasteiger partial charge in [-0.3, -0.25) is 4.79 Å². The smallest absolute Gasteiger partial charge is 0.328 e. The summed E-state index contributed by atoms with van der Waals surface area (Å²) < 4.78 is 10.9. The van der Waals surface area contributed by atoms with Crippen LogP contribution >= 0.6 is 11.6 Å². The number of halogens is 1. The number of hydrogen-bond acceptors (Lipinski definition) is 6. The molecular weight excluding hydrogens is 478 g/mol. The molecular formula is C28H24ClN3O4. The number of carbonyl (C=O) groups is 2. The molecule has 4 aromatic rings. The number of methoxy groups -OCH3 is 1. The number of aromatic nitrogens is 1. The molecule has 0 saturated heterocycles. The van der Waals surface area contributed by atoms with E-state index in [9.17, 15) is 14.9 Å². The number of oxazole rings is 1. The Kier molecular flexibility index (Phi) is 7.37. The van der Waals surface area contributed by atoms with Crippen molar-refractivity contribution in [2.45, 2.75) is 32.2 Å². The molecule has 182 valence electrons. The van der Waals surface area contributed by atoms with Gasteiger partial charge in [0, 0.05) is 28.1 Å². The molecule has 0 radical (unpaired) electrons. The van der Waals surface area contributed by atoms with Gasteiger partial charge in [-0.1, -0.05) is 37.6 Å². The molecule has 36 heavy (non-hydrogen) atoms. The summed E-state index contributed by atoms with van der Waals surface area (Å²) in [4.78, 5) is 29.7. The lowest BCUT2D eigenvalue weighted by Crippen LogP contribution is -2.43. The summed E-state index contributed by atoms with van der Waals surface area (Å²) in [5, 5.41) is 12.7. The molecule has 0 bridgehead atoms. The van der Waals surface area contributed by atoms with E-state index in [1.54, 1.807) is 54.6 Å². The molecule has 0 fully saturated rings. The van der Waals surface area contributed by atoms with Crippen LogP contribution in [0.25, 0.3) is 22.6 Å². The van der Waals surface area contributed by atoms with Crippen LogP contribution in [0.2, 0.25) is 5.02 Å². The maximum absolute atomic E-state index is 12.9. The third-order valence-electron chi connectivity index (χ3n) is 5.81. The van der Waals surface area contributed by atoms with Gasteiger partial charge in [-0.15, -0.1) is 0 Å². The normalized spacial score (nSPS) is 11.8. The van der Waals surface area contributed by atoms with Gasteiger partial charge in [-0.25, -0.2) is 9.78 Å². The zero-order valence-electron chi connectivity index (χ0n) is 20.0. The number of esters is 1. The van der Waals surface area contributed by atoms with Gasteiger partial charge in [0.25, 0.3) is 5.91 Å². The van der Waals surface area contributed by atoms with Gasteiger partial charge in [0.15, 0.2) is 5.58 Å². The van der Waals surface area contributed by atoms with Crippen molar-refractivity contribution in [1.82, 2.24) is 10.3 Å². The summed E-state index contributed by atoms with van der Waals surface area (Å²) in [6.45, 7) is 4.06.